The summed E-state index contributed by atoms with van der Waals surface area (Å²) >= 11 is 0. The van der Waals surface area contributed by atoms with E-state index in [2.05, 4.69) is 10.2 Å². The van der Waals surface area contributed by atoms with Crippen molar-refractivity contribution in [2.24, 2.45) is 0 Å². The van der Waals surface area contributed by atoms with E-state index in [1.807, 2.05) is 30.3 Å². The first-order chi connectivity index (χ1) is 11.2. The molecule has 0 saturated carbocycles. The van der Waals surface area contributed by atoms with Gasteiger partial charge in [-0.1, -0.05) is 18.2 Å². The fourth-order valence-corrected chi connectivity index (χ4v) is 1.78. The van der Waals surface area contributed by atoms with Crippen molar-refractivity contribution in [2.75, 3.05) is 0 Å². The van der Waals surface area contributed by atoms with Gasteiger partial charge in [0.1, 0.15) is 11.5 Å². The number of hydrogen-bond acceptors (Lipinski definition) is 5. The molecule has 0 spiro atoms. The van der Waals surface area contributed by atoms with E-state index in [1.54, 1.807) is 0 Å². The van der Waals surface area contributed by atoms with Crippen molar-refractivity contribution >= 4 is 0 Å². The topological polar surface area (TPSA) is 57.4 Å². The van der Waals surface area contributed by atoms with Gasteiger partial charge in [-0.05, 0) is 24.3 Å². The maximum atomic E-state index is 13.0. The maximum absolute atomic E-state index is 13.0. The van der Waals surface area contributed by atoms with Crippen molar-refractivity contribution < 1.29 is 22.7 Å². The Bertz CT molecular complexity index is 778. The molecule has 1 aromatic heterocycles. The van der Waals surface area contributed by atoms with Crippen LogP contribution in [0.3, 0.4) is 0 Å². The molecule has 0 fully saturated rings. The van der Waals surface area contributed by atoms with E-state index in [1.165, 1.54) is 6.07 Å². The molecule has 5 nitrogen and oxygen atoms in total. The highest BCUT2D eigenvalue weighted by Crippen LogP contribution is 2.17. The molecular formula is C16H12F2N2O3. The summed E-state index contributed by atoms with van der Waals surface area (Å²) in [5.41, 5.74) is 0. The van der Waals surface area contributed by atoms with Crippen LogP contribution in [0.4, 0.5) is 8.78 Å². The van der Waals surface area contributed by atoms with E-state index in [0.717, 1.165) is 12.1 Å². The molecule has 0 saturated heterocycles. The third kappa shape index (κ3) is 4.03. The summed E-state index contributed by atoms with van der Waals surface area (Å²) in [5, 5.41) is 7.61. The average Bonchev–Trinajstić information content (AvgIpc) is 3.03. The van der Waals surface area contributed by atoms with Crippen LogP contribution in [0.5, 0.6) is 11.5 Å². The number of halogens is 2. The summed E-state index contributed by atoms with van der Waals surface area (Å²) < 4.78 is 41.9. The summed E-state index contributed by atoms with van der Waals surface area (Å²) in [4.78, 5) is 0. The number of benzene rings is 2. The van der Waals surface area contributed by atoms with Crippen molar-refractivity contribution in [2.45, 2.75) is 13.2 Å². The molecule has 0 aliphatic rings. The van der Waals surface area contributed by atoms with Crippen LogP contribution in [0.15, 0.2) is 52.9 Å². The Morgan fingerprint density at radius 1 is 0.783 bits per heavy atom. The number of rotatable bonds is 6. The molecule has 0 unspecified atom stereocenters. The molecule has 0 radical (unpaired) electrons. The minimum absolute atomic E-state index is 0.0522. The lowest BCUT2D eigenvalue weighted by Gasteiger charge is -2.03. The van der Waals surface area contributed by atoms with Crippen LogP contribution in [0.2, 0.25) is 0 Å². The Morgan fingerprint density at radius 3 is 2.09 bits per heavy atom. The summed E-state index contributed by atoms with van der Waals surface area (Å²) in [5.74, 6) is -0.561. The molecule has 2 aromatic carbocycles. The zero-order valence-corrected chi connectivity index (χ0v) is 11.9. The number of ether oxygens (including phenoxy) is 2. The van der Waals surface area contributed by atoms with Crippen molar-refractivity contribution in [3.63, 3.8) is 0 Å². The van der Waals surface area contributed by atoms with Gasteiger partial charge in [0.2, 0.25) is 0 Å². The number of aromatic nitrogens is 2. The fraction of sp³-hybridized carbons (Fsp3) is 0.125. The lowest BCUT2D eigenvalue weighted by atomic mass is 10.3. The van der Waals surface area contributed by atoms with Gasteiger partial charge in [-0.3, -0.25) is 0 Å². The second kappa shape index (κ2) is 6.87. The molecule has 0 aliphatic carbocycles. The SMILES string of the molecule is Fc1ccc(OCc2nnc(COc3ccccc3)o2)cc1F. The molecule has 118 valence electrons. The van der Waals surface area contributed by atoms with Gasteiger partial charge in [-0.25, -0.2) is 8.78 Å². The summed E-state index contributed by atoms with van der Waals surface area (Å²) in [6.45, 7) is 0.0750. The number of nitrogens with zero attached hydrogens (tertiary/aromatic N) is 2. The molecule has 0 amide bonds. The minimum atomic E-state index is -0.982. The third-order valence-corrected chi connectivity index (χ3v) is 2.87. The highest BCUT2D eigenvalue weighted by atomic mass is 19.2. The Hall–Kier alpha value is -2.96. The molecular weight excluding hydrogens is 306 g/mol. The smallest absolute Gasteiger partial charge is 0.254 e. The zero-order valence-electron chi connectivity index (χ0n) is 11.9. The molecule has 0 atom stereocenters. The van der Waals surface area contributed by atoms with Crippen LogP contribution in [0.1, 0.15) is 11.8 Å². The van der Waals surface area contributed by atoms with E-state index in [9.17, 15) is 8.78 Å². The lowest BCUT2D eigenvalue weighted by Crippen LogP contribution is -1.97. The second-order valence-electron chi connectivity index (χ2n) is 4.56. The van der Waals surface area contributed by atoms with Crippen LogP contribution in [0, 0.1) is 11.6 Å². The highest BCUT2D eigenvalue weighted by molar-refractivity contribution is 5.23. The van der Waals surface area contributed by atoms with E-state index >= 15 is 0 Å². The monoisotopic (exact) mass is 318 g/mol. The van der Waals surface area contributed by atoms with Crippen molar-refractivity contribution in [3.8, 4) is 11.5 Å². The van der Waals surface area contributed by atoms with E-state index in [0.29, 0.717) is 5.75 Å². The minimum Gasteiger partial charge on any atom is -0.484 e. The molecule has 0 aliphatic heterocycles. The third-order valence-electron chi connectivity index (χ3n) is 2.87. The first-order valence-corrected chi connectivity index (χ1v) is 6.77. The Labute approximate surface area is 130 Å². The largest absolute Gasteiger partial charge is 0.484 e. The molecule has 3 aromatic rings. The summed E-state index contributed by atoms with van der Waals surface area (Å²) in [7, 11) is 0. The molecule has 0 N–H and O–H groups in total. The van der Waals surface area contributed by atoms with Gasteiger partial charge in [0.15, 0.2) is 24.8 Å². The standard InChI is InChI=1S/C16H12F2N2O3/c17-13-7-6-12(8-14(13)18)22-10-16-20-19-15(23-16)9-21-11-4-2-1-3-5-11/h1-8H,9-10H2. The van der Waals surface area contributed by atoms with Gasteiger partial charge in [0.05, 0.1) is 0 Å². The van der Waals surface area contributed by atoms with Crippen LogP contribution < -0.4 is 9.47 Å². The average molecular weight is 318 g/mol. The lowest BCUT2D eigenvalue weighted by molar-refractivity contribution is 0.231. The van der Waals surface area contributed by atoms with Crippen molar-refractivity contribution in [1.82, 2.24) is 10.2 Å². The molecule has 3 rings (SSSR count). The van der Waals surface area contributed by atoms with Gasteiger partial charge < -0.3 is 13.9 Å². The Balaban J connectivity index is 1.53. The van der Waals surface area contributed by atoms with Gasteiger partial charge in [-0.15, -0.1) is 10.2 Å². The quantitative estimate of drug-likeness (QED) is 0.696. The van der Waals surface area contributed by atoms with E-state index in [4.69, 9.17) is 13.9 Å². The number of hydrogen-bond donors (Lipinski definition) is 0. The molecule has 7 heteroatoms. The Kier molecular flexibility index (Phi) is 4.46. The summed E-state index contributed by atoms with van der Waals surface area (Å²) in [6.07, 6.45) is 0. The first-order valence-electron chi connectivity index (χ1n) is 6.77. The van der Waals surface area contributed by atoms with Crippen LogP contribution >= 0.6 is 0 Å². The summed E-state index contributed by atoms with van der Waals surface area (Å²) in [6, 6.07) is 12.5. The number of para-hydroxylation sites is 1. The predicted molar refractivity (Wildman–Crippen MR) is 75.8 cm³/mol. The molecule has 1 heterocycles. The van der Waals surface area contributed by atoms with Gasteiger partial charge in [0.25, 0.3) is 11.8 Å². The molecule has 23 heavy (non-hydrogen) atoms. The highest BCUT2D eigenvalue weighted by Gasteiger charge is 2.09. The van der Waals surface area contributed by atoms with Crippen LogP contribution in [-0.2, 0) is 13.2 Å². The molecule has 0 bridgehead atoms. The fourth-order valence-electron chi connectivity index (χ4n) is 1.78. The predicted octanol–water partition coefficient (Wildman–Crippen LogP) is 3.51. The normalized spacial score (nSPS) is 10.5. The van der Waals surface area contributed by atoms with Crippen LogP contribution in [0.25, 0.3) is 0 Å². The van der Waals surface area contributed by atoms with Crippen molar-refractivity contribution in [3.05, 3.63) is 71.9 Å². The zero-order chi connectivity index (χ0) is 16.1. The van der Waals surface area contributed by atoms with Gasteiger partial charge >= 0.3 is 0 Å². The van der Waals surface area contributed by atoms with Gasteiger partial charge in [-0.2, -0.15) is 0 Å². The Morgan fingerprint density at radius 2 is 1.43 bits per heavy atom. The maximum Gasteiger partial charge on any atom is 0.254 e. The van der Waals surface area contributed by atoms with Crippen LogP contribution in [-0.4, -0.2) is 10.2 Å². The second-order valence-corrected chi connectivity index (χ2v) is 4.56. The van der Waals surface area contributed by atoms with E-state index < -0.39 is 11.6 Å². The van der Waals surface area contributed by atoms with E-state index in [-0.39, 0.29) is 30.7 Å². The van der Waals surface area contributed by atoms with Gasteiger partial charge in [0, 0.05) is 6.07 Å². The van der Waals surface area contributed by atoms with Crippen molar-refractivity contribution in [1.29, 1.82) is 0 Å². The first kappa shape index (κ1) is 15.0.